The van der Waals surface area contributed by atoms with Crippen molar-refractivity contribution in [2.75, 3.05) is 27.8 Å². The second kappa shape index (κ2) is 8.15. The number of Topliss-reactive ketones (excluding diaryl/α,β-unsaturated/α-hetero) is 1. The average molecular weight is 327 g/mol. The van der Waals surface area contributed by atoms with Gasteiger partial charge in [0.25, 0.3) is 0 Å². The van der Waals surface area contributed by atoms with Gasteiger partial charge >= 0.3 is 0 Å². The smallest absolute Gasteiger partial charge is 0.227 e. The minimum atomic E-state index is -0.133. The van der Waals surface area contributed by atoms with Gasteiger partial charge in [0.2, 0.25) is 5.91 Å². The number of rotatable bonds is 7. The van der Waals surface area contributed by atoms with Crippen LogP contribution in [0.4, 0.5) is 0 Å². The van der Waals surface area contributed by atoms with Gasteiger partial charge in [0.15, 0.2) is 17.3 Å². The van der Waals surface area contributed by atoms with E-state index in [9.17, 15) is 9.59 Å². The van der Waals surface area contributed by atoms with E-state index in [0.29, 0.717) is 17.1 Å². The van der Waals surface area contributed by atoms with Gasteiger partial charge in [-0.3, -0.25) is 9.59 Å². The van der Waals surface area contributed by atoms with Gasteiger partial charge in [-0.1, -0.05) is 36.4 Å². The number of benzene rings is 2. The molecule has 2 aromatic carbocycles. The molecule has 0 atom stereocenters. The lowest BCUT2D eigenvalue weighted by atomic mass is 10.1. The first-order valence-corrected chi connectivity index (χ1v) is 7.58. The summed E-state index contributed by atoms with van der Waals surface area (Å²) in [5, 5.41) is 0. The van der Waals surface area contributed by atoms with Crippen LogP contribution in [-0.2, 0) is 11.2 Å². The molecule has 5 nitrogen and oxygen atoms in total. The van der Waals surface area contributed by atoms with Crippen LogP contribution in [0.3, 0.4) is 0 Å². The number of methoxy groups -OCH3 is 2. The third kappa shape index (κ3) is 4.35. The molecule has 0 saturated heterocycles. The van der Waals surface area contributed by atoms with Crippen LogP contribution in [0.25, 0.3) is 0 Å². The molecule has 0 saturated carbocycles. The molecule has 24 heavy (non-hydrogen) atoms. The van der Waals surface area contributed by atoms with Crippen LogP contribution in [0.15, 0.2) is 48.5 Å². The van der Waals surface area contributed by atoms with Crippen LogP contribution in [0.2, 0.25) is 0 Å². The van der Waals surface area contributed by atoms with Gasteiger partial charge in [0, 0.05) is 12.6 Å². The van der Waals surface area contributed by atoms with Crippen molar-refractivity contribution in [3.05, 3.63) is 59.7 Å². The van der Waals surface area contributed by atoms with Gasteiger partial charge in [0.05, 0.1) is 27.2 Å². The molecule has 0 spiro atoms. The molecule has 0 bridgehead atoms. The molecule has 2 aromatic rings. The van der Waals surface area contributed by atoms with Gasteiger partial charge in [0.1, 0.15) is 0 Å². The Bertz CT molecular complexity index is 713. The summed E-state index contributed by atoms with van der Waals surface area (Å²) >= 11 is 0. The van der Waals surface area contributed by atoms with Crippen molar-refractivity contribution >= 4 is 11.7 Å². The molecule has 0 aliphatic rings. The van der Waals surface area contributed by atoms with Gasteiger partial charge in [-0.05, 0) is 17.7 Å². The van der Waals surface area contributed by atoms with E-state index in [1.54, 1.807) is 57.7 Å². The molecule has 0 aliphatic heterocycles. The number of nitrogens with zero attached hydrogens (tertiary/aromatic N) is 1. The van der Waals surface area contributed by atoms with Crippen molar-refractivity contribution < 1.29 is 19.1 Å². The van der Waals surface area contributed by atoms with Crippen LogP contribution in [0, 0.1) is 0 Å². The number of ether oxygens (including phenoxy) is 2. The molecule has 1 amide bonds. The van der Waals surface area contributed by atoms with Crippen LogP contribution in [-0.4, -0.2) is 44.4 Å². The highest BCUT2D eigenvalue weighted by Crippen LogP contribution is 2.27. The lowest BCUT2D eigenvalue weighted by Crippen LogP contribution is -2.33. The molecule has 0 aromatic heterocycles. The Morgan fingerprint density at radius 3 is 2.25 bits per heavy atom. The SMILES string of the molecule is COc1ccc(CC(=O)N(C)CC(=O)c2ccccc2)cc1OC. The summed E-state index contributed by atoms with van der Waals surface area (Å²) in [4.78, 5) is 25.9. The van der Waals surface area contributed by atoms with E-state index in [-0.39, 0.29) is 24.7 Å². The van der Waals surface area contributed by atoms with E-state index < -0.39 is 0 Å². The van der Waals surface area contributed by atoms with Crippen LogP contribution >= 0.6 is 0 Å². The second-order valence-corrected chi connectivity index (χ2v) is 5.41. The zero-order valence-electron chi connectivity index (χ0n) is 14.1. The number of ketones is 1. The Balaban J connectivity index is 2.00. The lowest BCUT2D eigenvalue weighted by Gasteiger charge is -2.17. The summed E-state index contributed by atoms with van der Waals surface area (Å²) in [6.45, 7) is 0.0517. The maximum atomic E-state index is 12.3. The van der Waals surface area contributed by atoms with E-state index in [1.807, 2.05) is 12.1 Å². The van der Waals surface area contributed by atoms with E-state index in [2.05, 4.69) is 0 Å². The molecular weight excluding hydrogens is 306 g/mol. The Morgan fingerprint density at radius 2 is 1.62 bits per heavy atom. The summed E-state index contributed by atoms with van der Waals surface area (Å²) in [5.74, 6) is 0.970. The van der Waals surface area contributed by atoms with Crippen LogP contribution < -0.4 is 9.47 Å². The lowest BCUT2D eigenvalue weighted by molar-refractivity contribution is -0.128. The number of carbonyl (C=O) groups is 2. The summed E-state index contributed by atoms with van der Waals surface area (Å²) in [7, 11) is 4.74. The fourth-order valence-electron chi connectivity index (χ4n) is 2.32. The third-order valence-electron chi connectivity index (χ3n) is 3.71. The fraction of sp³-hybridized carbons (Fsp3) is 0.263. The van der Waals surface area contributed by atoms with Crippen molar-refractivity contribution in [3.63, 3.8) is 0 Å². The molecule has 0 radical (unpaired) electrons. The van der Waals surface area contributed by atoms with Crippen molar-refractivity contribution in [2.24, 2.45) is 0 Å². The highest BCUT2D eigenvalue weighted by molar-refractivity contribution is 5.99. The van der Waals surface area contributed by atoms with Crippen molar-refractivity contribution in [1.82, 2.24) is 4.90 Å². The molecule has 0 N–H and O–H groups in total. The van der Waals surface area contributed by atoms with Gasteiger partial charge in [-0.25, -0.2) is 0 Å². The highest BCUT2D eigenvalue weighted by Gasteiger charge is 2.15. The van der Waals surface area contributed by atoms with Gasteiger partial charge in [-0.15, -0.1) is 0 Å². The Morgan fingerprint density at radius 1 is 0.958 bits per heavy atom. The number of hydrogen-bond acceptors (Lipinski definition) is 4. The minimum absolute atomic E-state index is 0.0517. The average Bonchev–Trinajstić information content (AvgIpc) is 2.62. The third-order valence-corrected chi connectivity index (χ3v) is 3.71. The maximum Gasteiger partial charge on any atom is 0.227 e. The van der Waals surface area contributed by atoms with E-state index >= 15 is 0 Å². The van der Waals surface area contributed by atoms with E-state index in [0.717, 1.165) is 5.56 Å². The predicted molar refractivity (Wildman–Crippen MR) is 91.7 cm³/mol. The molecule has 5 heteroatoms. The Kier molecular flexibility index (Phi) is 5.95. The molecule has 2 rings (SSSR count). The van der Waals surface area contributed by atoms with E-state index in [1.165, 1.54) is 4.90 Å². The molecular formula is C19H21NO4. The first-order chi connectivity index (χ1) is 11.5. The van der Waals surface area contributed by atoms with Crippen LogP contribution in [0.5, 0.6) is 11.5 Å². The Hall–Kier alpha value is -2.82. The number of amides is 1. The zero-order valence-corrected chi connectivity index (χ0v) is 14.1. The molecule has 0 heterocycles. The molecule has 0 aliphatic carbocycles. The highest BCUT2D eigenvalue weighted by atomic mass is 16.5. The van der Waals surface area contributed by atoms with Crippen molar-refractivity contribution in [2.45, 2.75) is 6.42 Å². The maximum absolute atomic E-state index is 12.3. The zero-order chi connectivity index (χ0) is 17.5. The van der Waals surface area contributed by atoms with Crippen molar-refractivity contribution in [1.29, 1.82) is 0 Å². The quantitative estimate of drug-likeness (QED) is 0.734. The predicted octanol–water partition coefficient (Wildman–Crippen LogP) is 2.59. The Labute approximate surface area is 141 Å². The van der Waals surface area contributed by atoms with Crippen molar-refractivity contribution in [3.8, 4) is 11.5 Å². The first kappa shape index (κ1) is 17.5. The molecule has 126 valence electrons. The number of carbonyl (C=O) groups excluding carboxylic acids is 2. The summed E-state index contributed by atoms with van der Waals surface area (Å²) in [6.07, 6.45) is 0.193. The van der Waals surface area contributed by atoms with Crippen LogP contribution in [0.1, 0.15) is 15.9 Å². The normalized spacial score (nSPS) is 10.1. The molecule has 0 unspecified atom stereocenters. The largest absolute Gasteiger partial charge is 0.493 e. The number of likely N-dealkylation sites (N-methyl/N-ethyl adjacent to an activating group) is 1. The van der Waals surface area contributed by atoms with Gasteiger partial charge < -0.3 is 14.4 Å². The number of hydrogen-bond donors (Lipinski definition) is 0. The first-order valence-electron chi connectivity index (χ1n) is 7.58. The standard InChI is InChI=1S/C19H21NO4/c1-20(13-16(21)15-7-5-4-6-8-15)19(22)12-14-9-10-17(23-2)18(11-14)24-3/h4-11H,12-13H2,1-3H3. The second-order valence-electron chi connectivity index (χ2n) is 5.41. The monoisotopic (exact) mass is 327 g/mol. The minimum Gasteiger partial charge on any atom is -0.493 e. The van der Waals surface area contributed by atoms with Gasteiger partial charge in [-0.2, -0.15) is 0 Å². The summed E-state index contributed by atoms with van der Waals surface area (Å²) in [5.41, 5.74) is 1.40. The summed E-state index contributed by atoms with van der Waals surface area (Å²) in [6, 6.07) is 14.3. The summed E-state index contributed by atoms with van der Waals surface area (Å²) < 4.78 is 10.4. The topological polar surface area (TPSA) is 55.8 Å². The molecule has 0 fully saturated rings. The fourth-order valence-corrected chi connectivity index (χ4v) is 2.32. The van der Waals surface area contributed by atoms with E-state index in [4.69, 9.17) is 9.47 Å².